The number of aromatic nitrogens is 4. The lowest BCUT2D eigenvalue weighted by Crippen LogP contribution is -2.17. The minimum Gasteiger partial charge on any atom is -0.354 e. The van der Waals surface area contributed by atoms with Crippen LogP contribution in [-0.4, -0.2) is 32.2 Å². The van der Waals surface area contributed by atoms with Crippen molar-refractivity contribution in [1.29, 1.82) is 0 Å². The maximum atomic E-state index is 11.8. The molecule has 2 N–H and O–H groups in total. The lowest BCUT2D eigenvalue weighted by molar-refractivity contribution is -0.116. The molecular formula is C14H20N6O. The van der Waals surface area contributed by atoms with Crippen LogP contribution in [0.2, 0.25) is 0 Å². The first-order chi connectivity index (χ1) is 9.94. The first kappa shape index (κ1) is 15.0. The second-order valence-electron chi connectivity index (χ2n) is 4.99. The van der Waals surface area contributed by atoms with Gasteiger partial charge < -0.3 is 10.6 Å². The van der Waals surface area contributed by atoms with E-state index in [1.54, 1.807) is 4.68 Å². The van der Waals surface area contributed by atoms with Crippen LogP contribution in [0.15, 0.2) is 12.1 Å². The molecule has 0 saturated heterocycles. The van der Waals surface area contributed by atoms with E-state index < -0.39 is 0 Å². The third-order valence-electron chi connectivity index (χ3n) is 3.00. The minimum atomic E-state index is -0.0926. The Bertz CT molecular complexity index is 609. The highest BCUT2D eigenvalue weighted by Crippen LogP contribution is 2.07. The number of hydrogen-bond donors (Lipinski definition) is 2. The molecule has 0 aliphatic carbocycles. The molecule has 2 rings (SSSR count). The highest BCUT2D eigenvalue weighted by atomic mass is 16.1. The van der Waals surface area contributed by atoms with E-state index in [9.17, 15) is 4.79 Å². The van der Waals surface area contributed by atoms with Crippen molar-refractivity contribution in [2.45, 2.75) is 27.2 Å². The standard InChI is InChI=1S/C14H20N6O/c1-9-7-10(2)17-14(16-9)15-6-5-13(21)18-12-8-11(3)20(4)19-12/h7-8H,5-6H2,1-4H3,(H,15,16,17)(H,18,19,21). The molecule has 0 unspecified atom stereocenters. The highest BCUT2D eigenvalue weighted by Gasteiger charge is 2.07. The Labute approximate surface area is 123 Å². The second-order valence-corrected chi connectivity index (χ2v) is 4.99. The van der Waals surface area contributed by atoms with Gasteiger partial charge in [0.05, 0.1) is 0 Å². The molecule has 0 spiro atoms. The fourth-order valence-corrected chi connectivity index (χ4v) is 1.92. The molecule has 2 aromatic rings. The summed E-state index contributed by atoms with van der Waals surface area (Å²) in [5.74, 6) is 1.03. The van der Waals surface area contributed by atoms with E-state index in [2.05, 4.69) is 25.7 Å². The average molecular weight is 288 g/mol. The van der Waals surface area contributed by atoms with Gasteiger partial charge in [0, 0.05) is 43.2 Å². The summed E-state index contributed by atoms with van der Waals surface area (Å²) in [4.78, 5) is 20.3. The smallest absolute Gasteiger partial charge is 0.227 e. The van der Waals surface area contributed by atoms with Gasteiger partial charge in [-0.1, -0.05) is 0 Å². The van der Waals surface area contributed by atoms with Crippen molar-refractivity contribution in [3.8, 4) is 0 Å². The number of nitrogens with zero attached hydrogens (tertiary/aromatic N) is 4. The van der Waals surface area contributed by atoms with Gasteiger partial charge in [-0.15, -0.1) is 0 Å². The highest BCUT2D eigenvalue weighted by molar-refractivity contribution is 5.90. The van der Waals surface area contributed by atoms with E-state index in [4.69, 9.17) is 0 Å². The Morgan fingerprint density at radius 3 is 2.43 bits per heavy atom. The van der Waals surface area contributed by atoms with Gasteiger partial charge in [0.1, 0.15) is 0 Å². The summed E-state index contributed by atoms with van der Waals surface area (Å²) in [6, 6.07) is 3.74. The van der Waals surface area contributed by atoms with Crippen molar-refractivity contribution < 1.29 is 4.79 Å². The summed E-state index contributed by atoms with van der Waals surface area (Å²) in [6.45, 7) is 6.23. The number of amides is 1. The van der Waals surface area contributed by atoms with Gasteiger partial charge in [-0.05, 0) is 26.8 Å². The van der Waals surface area contributed by atoms with Crippen LogP contribution in [0.25, 0.3) is 0 Å². The molecule has 2 aromatic heterocycles. The first-order valence-electron chi connectivity index (χ1n) is 6.80. The zero-order valence-electron chi connectivity index (χ0n) is 12.8. The normalized spacial score (nSPS) is 10.5. The number of nitrogens with one attached hydrogen (secondary N) is 2. The van der Waals surface area contributed by atoms with Crippen molar-refractivity contribution in [3.05, 3.63) is 29.2 Å². The molecule has 0 aliphatic heterocycles. The molecule has 0 aromatic carbocycles. The van der Waals surface area contributed by atoms with E-state index in [1.165, 1.54) is 0 Å². The summed E-state index contributed by atoms with van der Waals surface area (Å²) in [5, 5.41) is 9.99. The van der Waals surface area contributed by atoms with Crippen molar-refractivity contribution in [2.24, 2.45) is 7.05 Å². The van der Waals surface area contributed by atoms with E-state index >= 15 is 0 Å². The first-order valence-corrected chi connectivity index (χ1v) is 6.80. The molecule has 112 valence electrons. The monoisotopic (exact) mass is 288 g/mol. The Balaban J connectivity index is 1.81. The van der Waals surface area contributed by atoms with Crippen LogP contribution in [0, 0.1) is 20.8 Å². The van der Waals surface area contributed by atoms with Crippen molar-refractivity contribution in [3.63, 3.8) is 0 Å². The lowest BCUT2D eigenvalue weighted by atomic mass is 10.3. The molecule has 0 atom stereocenters. The van der Waals surface area contributed by atoms with E-state index in [0.717, 1.165) is 17.1 Å². The van der Waals surface area contributed by atoms with Crippen LogP contribution in [0.5, 0.6) is 0 Å². The number of aryl methyl sites for hydroxylation is 4. The zero-order valence-corrected chi connectivity index (χ0v) is 12.8. The van der Waals surface area contributed by atoms with Crippen molar-refractivity contribution in [2.75, 3.05) is 17.2 Å². The third-order valence-corrected chi connectivity index (χ3v) is 3.00. The molecular weight excluding hydrogens is 268 g/mol. The zero-order chi connectivity index (χ0) is 15.4. The van der Waals surface area contributed by atoms with E-state index in [1.807, 2.05) is 40.0 Å². The summed E-state index contributed by atoms with van der Waals surface area (Å²) >= 11 is 0. The Kier molecular flexibility index (Phi) is 4.52. The summed E-state index contributed by atoms with van der Waals surface area (Å²) < 4.78 is 1.72. The Hall–Kier alpha value is -2.44. The SMILES string of the molecule is Cc1cc(C)nc(NCCC(=O)Nc2cc(C)n(C)n2)n1. The maximum Gasteiger partial charge on any atom is 0.227 e. The largest absolute Gasteiger partial charge is 0.354 e. The molecule has 0 radical (unpaired) electrons. The molecule has 2 heterocycles. The van der Waals surface area contributed by atoms with Crippen LogP contribution < -0.4 is 10.6 Å². The predicted octanol–water partition coefficient (Wildman–Crippen LogP) is 1.58. The summed E-state index contributed by atoms with van der Waals surface area (Å²) in [7, 11) is 1.84. The van der Waals surface area contributed by atoms with Crippen LogP contribution in [0.4, 0.5) is 11.8 Å². The summed E-state index contributed by atoms with van der Waals surface area (Å²) in [6.07, 6.45) is 0.325. The van der Waals surface area contributed by atoms with Crippen LogP contribution in [0.1, 0.15) is 23.5 Å². The molecule has 0 fully saturated rings. The fraction of sp³-hybridized carbons (Fsp3) is 0.429. The van der Waals surface area contributed by atoms with Crippen molar-refractivity contribution >= 4 is 17.7 Å². The van der Waals surface area contributed by atoms with E-state index in [0.29, 0.717) is 24.7 Å². The van der Waals surface area contributed by atoms with Crippen LogP contribution in [0.3, 0.4) is 0 Å². The van der Waals surface area contributed by atoms with Crippen LogP contribution >= 0.6 is 0 Å². The number of hydrogen-bond acceptors (Lipinski definition) is 5. The maximum absolute atomic E-state index is 11.8. The van der Waals surface area contributed by atoms with Gasteiger partial charge in [0.2, 0.25) is 11.9 Å². The molecule has 7 heteroatoms. The number of carbonyl (C=O) groups is 1. The quantitative estimate of drug-likeness (QED) is 0.872. The topological polar surface area (TPSA) is 84.7 Å². The minimum absolute atomic E-state index is 0.0926. The predicted molar refractivity (Wildman–Crippen MR) is 81.2 cm³/mol. The Morgan fingerprint density at radius 2 is 1.86 bits per heavy atom. The van der Waals surface area contributed by atoms with Gasteiger partial charge in [-0.3, -0.25) is 9.48 Å². The van der Waals surface area contributed by atoms with Crippen molar-refractivity contribution in [1.82, 2.24) is 19.7 Å². The number of anilines is 2. The molecule has 7 nitrogen and oxygen atoms in total. The van der Waals surface area contributed by atoms with Crippen LogP contribution in [-0.2, 0) is 11.8 Å². The van der Waals surface area contributed by atoms with Gasteiger partial charge in [0.25, 0.3) is 0 Å². The van der Waals surface area contributed by atoms with Gasteiger partial charge in [0.15, 0.2) is 5.82 Å². The molecule has 0 aliphatic rings. The van der Waals surface area contributed by atoms with Gasteiger partial charge in [-0.25, -0.2) is 9.97 Å². The lowest BCUT2D eigenvalue weighted by Gasteiger charge is -2.06. The van der Waals surface area contributed by atoms with Gasteiger partial charge >= 0.3 is 0 Å². The molecule has 1 amide bonds. The average Bonchev–Trinajstić information content (AvgIpc) is 2.66. The number of carbonyl (C=O) groups excluding carboxylic acids is 1. The molecule has 0 bridgehead atoms. The molecule has 21 heavy (non-hydrogen) atoms. The number of rotatable bonds is 5. The fourth-order valence-electron chi connectivity index (χ4n) is 1.92. The third kappa shape index (κ3) is 4.27. The van der Waals surface area contributed by atoms with Gasteiger partial charge in [-0.2, -0.15) is 5.10 Å². The molecule has 0 saturated carbocycles. The summed E-state index contributed by atoms with van der Waals surface area (Å²) in [5.41, 5.74) is 2.80. The Morgan fingerprint density at radius 1 is 1.19 bits per heavy atom. The second kappa shape index (κ2) is 6.34. The van der Waals surface area contributed by atoms with E-state index in [-0.39, 0.29) is 5.91 Å².